The third kappa shape index (κ3) is 3.02. The van der Waals surface area contributed by atoms with Crippen LogP contribution in [0.4, 0.5) is 4.79 Å². The normalized spacial score (nSPS) is 18.4. The highest BCUT2D eigenvalue weighted by atomic mass is 16.5. The van der Waals surface area contributed by atoms with Crippen LogP contribution in [-0.2, 0) is 13.1 Å². The summed E-state index contributed by atoms with van der Waals surface area (Å²) in [4.78, 5) is 14.5. The summed E-state index contributed by atoms with van der Waals surface area (Å²) in [5.41, 5.74) is 3.38. The molecule has 0 saturated heterocycles. The molecule has 2 aliphatic heterocycles. The molecule has 2 amide bonds. The topological polar surface area (TPSA) is 50.8 Å². The van der Waals surface area contributed by atoms with Crippen molar-refractivity contribution in [3.05, 3.63) is 59.2 Å². The van der Waals surface area contributed by atoms with Crippen LogP contribution in [0, 0.1) is 0 Å². The highest BCUT2D eigenvalue weighted by Crippen LogP contribution is 2.34. The van der Waals surface area contributed by atoms with E-state index in [0.717, 1.165) is 23.5 Å². The van der Waals surface area contributed by atoms with Gasteiger partial charge < -0.3 is 19.7 Å². The Morgan fingerprint density at radius 1 is 1.16 bits per heavy atom. The minimum Gasteiger partial charge on any atom is -0.490 e. The molecule has 5 heteroatoms. The number of benzene rings is 2. The summed E-state index contributed by atoms with van der Waals surface area (Å²) >= 11 is 0. The van der Waals surface area contributed by atoms with E-state index < -0.39 is 0 Å². The molecule has 0 aromatic heterocycles. The molecule has 2 aromatic rings. The SMILES string of the molecule is CC1c2ccccc2CN1C(=O)NCc1cccc2c1OCCCO2. The van der Waals surface area contributed by atoms with Crippen molar-refractivity contribution in [2.24, 2.45) is 0 Å². The molecular weight excluding hydrogens is 316 g/mol. The van der Waals surface area contributed by atoms with Crippen LogP contribution in [0.15, 0.2) is 42.5 Å². The largest absolute Gasteiger partial charge is 0.490 e. The Balaban J connectivity index is 1.45. The first kappa shape index (κ1) is 15.8. The van der Waals surface area contributed by atoms with Gasteiger partial charge in [-0.15, -0.1) is 0 Å². The minimum atomic E-state index is -0.0594. The van der Waals surface area contributed by atoms with E-state index in [9.17, 15) is 4.79 Å². The third-order valence-corrected chi connectivity index (χ3v) is 4.86. The standard InChI is InChI=1S/C20H22N2O3/c1-14-17-8-3-2-6-16(17)13-22(14)20(23)21-12-15-7-4-9-18-19(15)25-11-5-10-24-18/h2-4,6-9,14H,5,10-13H2,1H3,(H,21,23). The smallest absolute Gasteiger partial charge is 0.318 e. The zero-order chi connectivity index (χ0) is 17.2. The van der Waals surface area contributed by atoms with E-state index in [4.69, 9.17) is 9.47 Å². The number of urea groups is 1. The Labute approximate surface area is 147 Å². The fourth-order valence-corrected chi connectivity index (χ4v) is 3.49. The van der Waals surface area contributed by atoms with Crippen molar-refractivity contribution in [1.82, 2.24) is 10.2 Å². The summed E-state index contributed by atoms with van der Waals surface area (Å²) < 4.78 is 11.5. The monoisotopic (exact) mass is 338 g/mol. The molecule has 2 heterocycles. The molecule has 130 valence electrons. The van der Waals surface area contributed by atoms with Gasteiger partial charge in [-0.25, -0.2) is 4.79 Å². The van der Waals surface area contributed by atoms with E-state index in [0.29, 0.717) is 26.3 Å². The summed E-state index contributed by atoms with van der Waals surface area (Å²) in [6.45, 7) is 4.43. The number of amides is 2. The van der Waals surface area contributed by atoms with Gasteiger partial charge in [-0.1, -0.05) is 36.4 Å². The van der Waals surface area contributed by atoms with E-state index in [1.54, 1.807) is 0 Å². The number of fused-ring (bicyclic) bond motifs is 2. The fourth-order valence-electron chi connectivity index (χ4n) is 3.49. The van der Waals surface area contributed by atoms with Crippen LogP contribution in [-0.4, -0.2) is 24.1 Å². The van der Waals surface area contributed by atoms with Gasteiger partial charge in [0, 0.05) is 25.1 Å². The zero-order valence-corrected chi connectivity index (χ0v) is 14.3. The van der Waals surface area contributed by atoms with Crippen molar-refractivity contribution in [1.29, 1.82) is 0 Å². The zero-order valence-electron chi connectivity index (χ0n) is 14.3. The number of hydrogen-bond donors (Lipinski definition) is 1. The molecule has 2 aliphatic rings. The summed E-state index contributed by atoms with van der Waals surface area (Å²) in [5.74, 6) is 1.50. The van der Waals surface area contributed by atoms with E-state index in [2.05, 4.69) is 24.4 Å². The van der Waals surface area contributed by atoms with Gasteiger partial charge in [0.05, 0.1) is 19.3 Å². The van der Waals surface area contributed by atoms with E-state index in [1.807, 2.05) is 35.2 Å². The summed E-state index contributed by atoms with van der Waals surface area (Å²) in [6, 6.07) is 14.1. The molecule has 5 nitrogen and oxygen atoms in total. The molecule has 2 aromatic carbocycles. The van der Waals surface area contributed by atoms with Crippen LogP contribution in [0.5, 0.6) is 11.5 Å². The fraction of sp³-hybridized carbons (Fsp3) is 0.350. The molecule has 1 unspecified atom stereocenters. The lowest BCUT2D eigenvalue weighted by atomic mass is 10.1. The first-order chi connectivity index (χ1) is 12.2. The molecule has 0 bridgehead atoms. The van der Waals surface area contributed by atoms with E-state index in [1.165, 1.54) is 11.1 Å². The highest BCUT2D eigenvalue weighted by molar-refractivity contribution is 5.76. The molecule has 25 heavy (non-hydrogen) atoms. The number of ether oxygens (including phenoxy) is 2. The lowest BCUT2D eigenvalue weighted by molar-refractivity contribution is 0.184. The van der Waals surface area contributed by atoms with Crippen molar-refractivity contribution < 1.29 is 14.3 Å². The molecule has 4 rings (SSSR count). The summed E-state index contributed by atoms with van der Waals surface area (Å²) in [5, 5.41) is 3.03. The Hall–Kier alpha value is -2.69. The Morgan fingerprint density at radius 3 is 2.88 bits per heavy atom. The van der Waals surface area contributed by atoms with Gasteiger partial charge in [-0.05, 0) is 24.1 Å². The van der Waals surface area contributed by atoms with Gasteiger partial charge in [0.2, 0.25) is 0 Å². The number of nitrogens with one attached hydrogen (secondary N) is 1. The molecule has 0 saturated carbocycles. The average molecular weight is 338 g/mol. The molecule has 0 spiro atoms. The van der Waals surface area contributed by atoms with Crippen LogP contribution in [0.3, 0.4) is 0 Å². The van der Waals surface area contributed by atoms with Gasteiger partial charge in [-0.2, -0.15) is 0 Å². The van der Waals surface area contributed by atoms with Crippen molar-refractivity contribution >= 4 is 6.03 Å². The van der Waals surface area contributed by atoms with Crippen LogP contribution >= 0.6 is 0 Å². The Bertz CT molecular complexity index is 790. The number of carbonyl (C=O) groups excluding carboxylic acids is 1. The lowest BCUT2D eigenvalue weighted by Gasteiger charge is -2.23. The number of rotatable bonds is 2. The molecule has 1 N–H and O–H groups in total. The Kier molecular flexibility index (Phi) is 4.22. The quantitative estimate of drug-likeness (QED) is 0.910. The average Bonchev–Trinajstić information content (AvgIpc) is 2.82. The second kappa shape index (κ2) is 6.67. The predicted octanol–water partition coefficient (Wildman–Crippen LogP) is 3.63. The van der Waals surface area contributed by atoms with Crippen molar-refractivity contribution in [2.45, 2.75) is 32.5 Å². The number of nitrogens with zero attached hydrogens (tertiary/aromatic N) is 1. The van der Waals surface area contributed by atoms with E-state index in [-0.39, 0.29) is 12.1 Å². The first-order valence-electron chi connectivity index (χ1n) is 8.74. The van der Waals surface area contributed by atoms with Crippen LogP contribution in [0.1, 0.15) is 36.1 Å². The second-order valence-electron chi connectivity index (χ2n) is 6.46. The summed E-state index contributed by atoms with van der Waals surface area (Å²) in [7, 11) is 0. The molecule has 0 fully saturated rings. The Morgan fingerprint density at radius 2 is 2.00 bits per heavy atom. The van der Waals surface area contributed by atoms with Gasteiger partial charge in [-0.3, -0.25) is 0 Å². The van der Waals surface area contributed by atoms with Crippen molar-refractivity contribution in [2.75, 3.05) is 13.2 Å². The number of carbonyl (C=O) groups is 1. The number of hydrogen-bond acceptors (Lipinski definition) is 3. The molecular formula is C20H22N2O3. The maximum absolute atomic E-state index is 12.7. The van der Waals surface area contributed by atoms with Gasteiger partial charge in [0.25, 0.3) is 0 Å². The molecule has 1 atom stereocenters. The van der Waals surface area contributed by atoms with Crippen molar-refractivity contribution in [3.8, 4) is 11.5 Å². The molecule has 0 aliphatic carbocycles. The predicted molar refractivity (Wildman–Crippen MR) is 94.7 cm³/mol. The lowest BCUT2D eigenvalue weighted by Crippen LogP contribution is -2.37. The molecule has 0 radical (unpaired) electrons. The maximum atomic E-state index is 12.7. The van der Waals surface area contributed by atoms with Crippen LogP contribution < -0.4 is 14.8 Å². The first-order valence-corrected chi connectivity index (χ1v) is 8.74. The van der Waals surface area contributed by atoms with Crippen LogP contribution in [0.25, 0.3) is 0 Å². The highest BCUT2D eigenvalue weighted by Gasteiger charge is 2.30. The maximum Gasteiger partial charge on any atom is 0.318 e. The minimum absolute atomic E-state index is 0.0594. The van der Waals surface area contributed by atoms with E-state index >= 15 is 0 Å². The van der Waals surface area contributed by atoms with Crippen molar-refractivity contribution in [3.63, 3.8) is 0 Å². The second-order valence-corrected chi connectivity index (χ2v) is 6.46. The van der Waals surface area contributed by atoms with Gasteiger partial charge in [0.15, 0.2) is 11.5 Å². The van der Waals surface area contributed by atoms with Gasteiger partial charge in [0.1, 0.15) is 0 Å². The van der Waals surface area contributed by atoms with Crippen LogP contribution in [0.2, 0.25) is 0 Å². The number of para-hydroxylation sites is 1. The van der Waals surface area contributed by atoms with Gasteiger partial charge >= 0.3 is 6.03 Å². The third-order valence-electron chi connectivity index (χ3n) is 4.86. The summed E-state index contributed by atoms with van der Waals surface area (Å²) in [6.07, 6.45) is 0.865.